The molecule has 1 amide bonds. The number of hydrogen-bond acceptors (Lipinski definition) is 6. The highest BCUT2D eigenvalue weighted by Gasteiger charge is 2.18. The number of hydrogen-bond donors (Lipinski definition) is 1. The Balaban J connectivity index is 1.46. The highest BCUT2D eigenvalue weighted by atomic mass is 32.2. The lowest BCUT2D eigenvalue weighted by Gasteiger charge is -2.14. The van der Waals surface area contributed by atoms with Gasteiger partial charge in [-0.15, -0.1) is 10.2 Å². The smallest absolute Gasteiger partial charge is 0.277 e. The molecule has 2 aromatic heterocycles. The van der Waals surface area contributed by atoms with Gasteiger partial charge in [0, 0.05) is 18.9 Å². The van der Waals surface area contributed by atoms with Crippen LogP contribution in [-0.4, -0.2) is 32.9 Å². The zero-order chi connectivity index (χ0) is 17.5. The van der Waals surface area contributed by atoms with Crippen LogP contribution in [0, 0.1) is 0 Å². The number of carbonyl (C=O) groups is 1. The van der Waals surface area contributed by atoms with Crippen LogP contribution in [0.5, 0.6) is 0 Å². The molecule has 0 spiro atoms. The maximum atomic E-state index is 12.2. The first-order chi connectivity index (χ1) is 12.2. The number of pyridine rings is 1. The van der Waals surface area contributed by atoms with Crippen molar-refractivity contribution in [2.24, 2.45) is 0 Å². The lowest BCUT2D eigenvalue weighted by molar-refractivity contribution is -0.120. The maximum absolute atomic E-state index is 12.2. The summed E-state index contributed by atoms with van der Waals surface area (Å²) in [6.45, 7) is 2.52. The zero-order valence-electron chi connectivity index (χ0n) is 14.3. The van der Waals surface area contributed by atoms with Gasteiger partial charge in [0.15, 0.2) is 0 Å². The molecule has 25 heavy (non-hydrogen) atoms. The first-order valence-electron chi connectivity index (χ1n) is 8.58. The van der Waals surface area contributed by atoms with E-state index in [0.29, 0.717) is 17.7 Å². The van der Waals surface area contributed by atoms with Crippen LogP contribution < -0.4 is 5.32 Å². The molecule has 0 radical (unpaired) electrons. The second-order valence-electron chi connectivity index (χ2n) is 6.02. The fourth-order valence-electron chi connectivity index (χ4n) is 2.69. The summed E-state index contributed by atoms with van der Waals surface area (Å²) in [6, 6.07) is 3.66. The molecule has 0 aromatic carbocycles. The lowest BCUT2D eigenvalue weighted by Crippen LogP contribution is -2.31. The van der Waals surface area contributed by atoms with Crippen molar-refractivity contribution in [3.63, 3.8) is 0 Å². The van der Waals surface area contributed by atoms with E-state index in [1.807, 2.05) is 19.1 Å². The monoisotopic (exact) mass is 358 g/mol. The van der Waals surface area contributed by atoms with Gasteiger partial charge >= 0.3 is 0 Å². The molecule has 1 atom stereocenters. The van der Waals surface area contributed by atoms with E-state index in [1.54, 1.807) is 12.4 Å². The van der Waals surface area contributed by atoms with E-state index in [0.717, 1.165) is 12.0 Å². The molecular formula is C18H22N4O2S. The molecule has 7 heteroatoms. The van der Waals surface area contributed by atoms with Gasteiger partial charge in [0.1, 0.15) is 0 Å². The molecule has 6 nitrogen and oxygen atoms in total. The Morgan fingerprint density at radius 1 is 1.40 bits per heavy atom. The number of thioether (sulfide) groups is 1. The van der Waals surface area contributed by atoms with Crippen molar-refractivity contribution in [3.8, 4) is 11.5 Å². The SMILES string of the molecule is CC(Sc1nnc(-c2cccnc2)o1)C(=O)NCCC1=CCCCC1. The van der Waals surface area contributed by atoms with Gasteiger partial charge in [-0.25, -0.2) is 0 Å². The Labute approximate surface area is 151 Å². The van der Waals surface area contributed by atoms with Gasteiger partial charge in [-0.05, 0) is 51.2 Å². The number of allylic oxidation sites excluding steroid dienone is 1. The maximum Gasteiger partial charge on any atom is 0.277 e. The number of nitrogens with one attached hydrogen (secondary N) is 1. The molecule has 3 rings (SSSR count). The topological polar surface area (TPSA) is 80.9 Å². The first-order valence-corrected chi connectivity index (χ1v) is 9.46. The Bertz CT molecular complexity index is 730. The van der Waals surface area contributed by atoms with Crippen LogP contribution in [-0.2, 0) is 4.79 Å². The molecule has 0 aliphatic heterocycles. The van der Waals surface area contributed by atoms with E-state index in [2.05, 4.69) is 26.6 Å². The van der Waals surface area contributed by atoms with Gasteiger partial charge in [-0.1, -0.05) is 23.4 Å². The van der Waals surface area contributed by atoms with Gasteiger partial charge < -0.3 is 9.73 Å². The molecule has 1 aliphatic rings. The Morgan fingerprint density at radius 2 is 2.32 bits per heavy atom. The normalized spacial score (nSPS) is 15.5. The summed E-state index contributed by atoms with van der Waals surface area (Å²) in [5.41, 5.74) is 2.23. The van der Waals surface area contributed by atoms with E-state index < -0.39 is 0 Å². The molecule has 0 bridgehead atoms. The minimum atomic E-state index is -0.289. The molecule has 1 unspecified atom stereocenters. The number of carbonyl (C=O) groups excluding carboxylic acids is 1. The fourth-order valence-corrected chi connectivity index (χ4v) is 3.40. The second kappa shape index (κ2) is 8.80. The third kappa shape index (κ3) is 5.16. The summed E-state index contributed by atoms with van der Waals surface area (Å²) in [4.78, 5) is 16.2. The van der Waals surface area contributed by atoms with Crippen molar-refractivity contribution in [1.82, 2.24) is 20.5 Å². The minimum absolute atomic E-state index is 0.0115. The van der Waals surface area contributed by atoms with Crippen molar-refractivity contribution in [1.29, 1.82) is 0 Å². The van der Waals surface area contributed by atoms with Gasteiger partial charge in [0.05, 0.1) is 10.8 Å². The van der Waals surface area contributed by atoms with Gasteiger partial charge in [-0.3, -0.25) is 9.78 Å². The molecule has 1 aliphatic carbocycles. The van der Waals surface area contributed by atoms with Crippen LogP contribution in [0.2, 0.25) is 0 Å². The molecule has 0 fully saturated rings. The van der Waals surface area contributed by atoms with Gasteiger partial charge in [-0.2, -0.15) is 0 Å². The van der Waals surface area contributed by atoms with E-state index in [-0.39, 0.29) is 11.2 Å². The molecule has 2 heterocycles. The predicted octanol–water partition coefficient (Wildman–Crippen LogP) is 3.62. The van der Waals surface area contributed by atoms with E-state index in [4.69, 9.17) is 4.42 Å². The molecule has 132 valence electrons. The van der Waals surface area contributed by atoms with Crippen molar-refractivity contribution < 1.29 is 9.21 Å². The van der Waals surface area contributed by atoms with Crippen LogP contribution in [0.1, 0.15) is 39.0 Å². The van der Waals surface area contributed by atoms with E-state index in [1.165, 1.54) is 43.0 Å². The zero-order valence-corrected chi connectivity index (χ0v) is 15.1. The average Bonchev–Trinajstić information content (AvgIpc) is 3.12. The summed E-state index contributed by atoms with van der Waals surface area (Å²) >= 11 is 1.27. The second-order valence-corrected chi connectivity index (χ2v) is 7.32. The largest absolute Gasteiger partial charge is 0.411 e. The lowest BCUT2D eigenvalue weighted by atomic mass is 9.97. The van der Waals surface area contributed by atoms with Crippen LogP contribution in [0.15, 0.2) is 45.8 Å². The van der Waals surface area contributed by atoms with Gasteiger partial charge in [0.25, 0.3) is 5.22 Å². The number of amides is 1. The predicted molar refractivity (Wildman–Crippen MR) is 97.0 cm³/mol. The molecule has 0 saturated carbocycles. The van der Waals surface area contributed by atoms with Crippen LogP contribution in [0.3, 0.4) is 0 Å². The van der Waals surface area contributed by atoms with Crippen molar-refractivity contribution in [2.75, 3.05) is 6.54 Å². The molecule has 0 saturated heterocycles. The summed E-state index contributed by atoms with van der Waals surface area (Å²) in [5, 5.41) is 11.1. The third-order valence-corrected chi connectivity index (χ3v) is 5.03. The highest BCUT2D eigenvalue weighted by molar-refractivity contribution is 8.00. The first kappa shape index (κ1) is 17.7. The number of aromatic nitrogens is 3. The molecule has 2 aromatic rings. The number of nitrogens with zero attached hydrogens (tertiary/aromatic N) is 3. The summed E-state index contributed by atoms with van der Waals surface area (Å²) < 4.78 is 5.60. The van der Waals surface area contributed by atoms with Gasteiger partial charge in [0.2, 0.25) is 11.8 Å². The fraction of sp³-hybridized carbons (Fsp3) is 0.444. The molecule has 1 N–H and O–H groups in total. The van der Waals surface area contributed by atoms with Crippen LogP contribution >= 0.6 is 11.8 Å². The summed E-state index contributed by atoms with van der Waals surface area (Å²) in [7, 11) is 0. The van der Waals surface area contributed by atoms with Crippen molar-refractivity contribution in [3.05, 3.63) is 36.2 Å². The average molecular weight is 358 g/mol. The van der Waals surface area contributed by atoms with Crippen LogP contribution in [0.25, 0.3) is 11.5 Å². The minimum Gasteiger partial charge on any atom is -0.411 e. The quantitative estimate of drug-likeness (QED) is 0.601. The Hall–Kier alpha value is -2.15. The molecular weight excluding hydrogens is 336 g/mol. The van der Waals surface area contributed by atoms with Crippen molar-refractivity contribution in [2.45, 2.75) is 49.5 Å². The highest BCUT2D eigenvalue weighted by Crippen LogP contribution is 2.26. The summed E-state index contributed by atoms with van der Waals surface area (Å²) in [6.07, 6.45) is 11.5. The standard InChI is InChI=1S/C18H22N4O2S/c1-13(16(23)20-11-9-14-6-3-2-4-7-14)25-18-22-21-17(24-18)15-8-5-10-19-12-15/h5-6,8,10,12-13H,2-4,7,9,11H2,1H3,(H,20,23). The Kier molecular flexibility index (Phi) is 6.22. The van der Waals surface area contributed by atoms with E-state index >= 15 is 0 Å². The third-order valence-electron chi connectivity index (χ3n) is 4.09. The van der Waals surface area contributed by atoms with Crippen molar-refractivity contribution >= 4 is 17.7 Å². The Morgan fingerprint density at radius 3 is 3.08 bits per heavy atom. The number of rotatable bonds is 7. The summed E-state index contributed by atoms with van der Waals surface area (Å²) in [5.74, 6) is 0.398. The van der Waals surface area contributed by atoms with E-state index in [9.17, 15) is 4.79 Å². The van der Waals surface area contributed by atoms with Crippen LogP contribution in [0.4, 0.5) is 0 Å².